The number of nitrogens with zero attached hydrogens (tertiary/aromatic N) is 3. The molecule has 10 heteroatoms. The minimum atomic E-state index is -3.53. The first-order chi connectivity index (χ1) is 15.4. The number of aromatic nitrogens is 3. The summed E-state index contributed by atoms with van der Waals surface area (Å²) in [5, 5.41) is 3.43. The molecule has 164 valence electrons. The number of rotatable bonds is 7. The number of pyridine rings is 1. The van der Waals surface area contributed by atoms with E-state index in [1.165, 1.54) is 24.7 Å². The van der Waals surface area contributed by atoms with Crippen LogP contribution in [-0.4, -0.2) is 29.1 Å². The van der Waals surface area contributed by atoms with Gasteiger partial charge in [0.1, 0.15) is 18.0 Å². The average Bonchev–Trinajstić information content (AvgIpc) is 2.76. The first-order valence-electron chi connectivity index (χ1n) is 9.79. The van der Waals surface area contributed by atoms with E-state index in [4.69, 9.17) is 0 Å². The Morgan fingerprint density at radius 3 is 2.62 bits per heavy atom. The van der Waals surface area contributed by atoms with Crippen LogP contribution < -0.4 is 10.0 Å². The Labute approximate surface area is 183 Å². The average molecular weight is 455 g/mol. The summed E-state index contributed by atoms with van der Waals surface area (Å²) in [5.74, 6) is -0.966. The Kier molecular flexibility index (Phi) is 5.95. The molecule has 2 heterocycles. The predicted molar refractivity (Wildman–Crippen MR) is 120 cm³/mol. The number of halogens is 2. The molecular weight excluding hydrogens is 436 g/mol. The van der Waals surface area contributed by atoms with Crippen molar-refractivity contribution < 1.29 is 17.2 Å². The van der Waals surface area contributed by atoms with Crippen LogP contribution in [-0.2, 0) is 10.0 Å². The van der Waals surface area contributed by atoms with Crippen molar-refractivity contribution in [3.05, 3.63) is 72.8 Å². The van der Waals surface area contributed by atoms with E-state index in [0.29, 0.717) is 28.5 Å². The van der Waals surface area contributed by atoms with E-state index in [-0.39, 0.29) is 22.9 Å². The molecule has 0 radical (unpaired) electrons. The fourth-order valence-electron chi connectivity index (χ4n) is 3.24. The molecule has 2 aromatic heterocycles. The maximum atomic E-state index is 14.5. The van der Waals surface area contributed by atoms with Gasteiger partial charge in [-0.25, -0.2) is 27.8 Å². The smallest absolute Gasteiger partial charge is 0.232 e. The quantitative estimate of drug-likeness (QED) is 0.386. The molecule has 0 unspecified atom stereocenters. The summed E-state index contributed by atoms with van der Waals surface area (Å²) in [6, 6.07) is 12.2. The third kappa shape index (κ3) is 4.65. The number of anilines is 3. The zero-order valence-electron chi connectivity index (χ0n) is 17.0. The Morgan fingerprint density at radius 2 is 1.84 bits per heavy atom. The summed E-state index contributed by atoms with van der Waals surface area (Å²) in [7, 11) is -3.53. The number of benzene rings is 2. The largest absolute Gasteiger partial charge is 0.337 e. The minimum absolute atomic E-state index is 0.0275. The Hall–Kier alpha value is -3.66. The van der Waals surface area contributed by atoms with Crippen LogP contribution in [0.1, 0.15) is 13.3 Å². The highest BCUT2D eigenvalue weighted by molar-refractivity contribution is 7.92. The molecule has 0 fully saturated rings. The van der Waals surface area contributed by atoms with E-state index >= 15 is 0 Å². The fraction of sp³-hybridized carbons (Fsp3) is 0.136. The van der Waals surface area contributed by atoms with E-state index in [9.17, 15) is 17.2 Å². The number of hydrogen-bond acceptors (Lipinski definition) is 6. The van der Waals surface area contributed by atoms with Crippen molar-refractivity contribution in [2.24, 2.45) is 0 Å². The van der Waals surface area contributed by atoms with Gasteiger partial charge in [-0.15, -0.1) is 0 Å². The lowest BCUT2D eigenvalue weighted by Crippen LogP contribution is -2.16. The molecule has 0 atom stereocenters. The third-order valence-electron chi connectivity index (χ3n) is 4.67. The summed E-state index contributed by atoms with van der Waals surface area (Å²) in [6.45, 7) is 1.75. The van der Waals surface area contributed by atoms with E-state index in [1.807, 2.05) is 0 Å². The molecule has 0 spiro atoms. The highest BCUT2D eigenvalue weighted by Gasteiger charge is 2.14. The number of hydrogen-bond donors (Lipinski definition) is 2. The monoisotopic (exact) mass is 455 g/mol. The van der Waals surface area contributed by atoms with Gasteiger partial charge in [-0.3, -0.25) is 4.72 Å². The summed E-state index contributed by atoms with van der Waals surface area (Å²) >= 11 is 0. The second-order valence-corrected chi connectivity index (χ2v) is 8.88. The van der Waals surface area contributed by atoms with E-state index in [0.717, 1.165) is 6.07 Å². The van der Waals surface area contributed by atoms with Crippen molar-refractivity contribution in [3.8, 4) is 11.1 Å². The van der Waals surface area contributed by atoms with E-state index in [1.54, 1.807) is 37.3 Å². The summed E-state index contributed by atoms with van der Waals surface area (Å²) < 4.78 is 55.2. The van der Waals surface area contributed by atoms with Crippen LogP contribution in [0.15, 0.2) is 61.1 Å². The Balaban J connectivity index is 1.72. The van der Waals surface area contributed by atoms with Crippen LogP contribution in [0, 0.1) is 11.8 Å². The predicted octanol–water partition coefficient (Wildman–Crippen LogP) is 4.87. The second kappa shape index (κ2) is 8.83. The van der Waals surface area contributed by atoms with Gasteiger partial charge in [0.05, 0.1) is 22.6 Å². The van der Waals surface area contributed by atoms with Crippen LogP contribution in [0.3, 0.4) is 0 Å². The van der Waals surface area contributed by atoms with Crippen LogP contribution >= 0.6 is 0 Å². The molecule has 0 amide bonds. The van der Waals surface area contributed by atoms with Gasteiger partial charge in [0.15, 0.2) is 0 Å². The highest BCUT2D eigenvalue weighted by atomic mass is 32.2. The topological polar surface area (TPSA) is 96.9 Å². The molecule has 4 rings (SSSR count). The van der Waals surface area contributed by atoms with Gasteiger partial charge in [0, 0.05) is 17.1 Å². The molecule has 0 aliphatic heterocycles. The maximum absolute atomic E-state index is 14.5. The molecule has 0 saturated heterocycles. The van der Waals surface area contributed by atoms with Gasteiger partial charge in [0.25, 0.3) is 0 Å². The molecule has 2 aromatic carbocycles. The molecule has 4 aromatic rings. The first kappa shape index (κ1) is 21.6. The molecule has 32 heavy (non-hydrogen) atoms. The standard InChI is InChI=1S/C22H19F2N5O2S/c1-2-10-32(30,31)29-15-6-7-18(23)20(12-15)28-22-17-11-14(5-8-19(17)26-13-27-22)16-4-3-9-25-21(16)24/h3-9,11-13,29H,2,10H2,1H3,(H,26,27,28). The van der Waals surface area contributed by atoms with Gasteiger partial charge in [-0.2, -0.15) is 4.39 Å². The normalized spacial score (nSPS) is 11.5. The summed E-state index contributed by atoms with van der Waals surface area (Å²) in [5.41, 5.74) is 1.68. The Bertz CT molecular complexity index is 1400. The molecule has 2 N–H and O–H groups in total. The fourth-order valence-corrected chi connectivity index (χ4v) is 4.36. The van der Waals surface area contributed by atoms with Crippen molar-refractivity contribution in [1.82, 2.24) is 15.0 Å². The molecule has 7 nitrogen and oxygen atoms in total. The third-order valence-corrected chi connectivity index (χ3v) is 6.16. The SMILES string of the molecule is CCCS(=O)(=O)Nc1ccc(F)c(Nc2ncnc3ccc(-c4cccnc4F)cc23)c1. The van der Waals surface area contributed by atoms with Gasteiger partial charge in [0.2, 0.25) is 16.0 Å². The first-order valence-corrected chi connectivity index (χ1v) is 11.4. The van der Waals surface area contributed by atoms with E-state index in [2.05, 4.69) is 25.0 Å². The Morgan fingerprint density at radius 1 is 1.00 bits per heavy atom. The van der Waals surface area contributed by atoms with E-state index < -0.39 is 21.8 Å². The maximum Gasteiger partial charge on any atom is 0.232 e. The van der Waals surface area contributed by atoms with Crippen molar-refractivity contribution in [2.45, 2.75) is 13.3 Å². The minimum Gasteiger partial charge on any atom is -0.337 e. The van der Waals surface area contributed by atoms with Gasteiger partial charge < -0.3 is 5.32 Å². The van der Waals surface area contributed by atoms with Crippen LogP contribution in [0.5, 0.6) is 0 Å². The number of nitrogens with one attached hydrogen (secondary N) is 2. The van der Waals surface area contributed by atoms with Crippen LogP contribution in [0.4, 0.5) is 26.0 Å². The van der Waals surface area contributed by atoms with Gasteiger partial charge in [-0.1, -0.05) is 13.0 Å². The zero-order valence-corrected chi connectivity index (χ0v) is 17.8. The lowest BCUT2D eigenvalue weighted by atomic mass is 10.0. The lowest BCUT2D eigenvalue weighted by molar-refractivity contribution is 0.587. The lowest BCUT2D eigenvalue weighted by Gasteiger charge is -2.13. The molecular formula is C22H19F2N5O2S. The van der Waals surface area contributed by atoms with Crippen molar-refractivity contribution in [1.29, 1.82) is 0 Å². The van der Waals surface area contributed by atoms with Crippen LogP contribution in [0.25, 0.3) is 22.0 Å². The van der Waals surface area contributed by atoms with Gasteiger partial charge in [-0.05, 0) is 54.4 Å². The van der Waals surface area contributed by atoms with Crippen LogP contribution in [0.2, 0.25) is 0 Å². The molecule has 0 saturated carbocycles. The van der Waals surface area contributed by atoms with Crippen molar-refractivity contribution in [3.63, 3.8) is 0 Å². The number of sulfonamides is 1. The second-order valence-electron chi connectivity index (χ2n) is 7.04. The summed E-state index contributed by atoms with van der Waals surface area (Å²) in [4.78, 5) is 12.1. The van der Waals surface area contributed by atoms with Gasteiger partial charge >= 0.3 is 0 Å². The zero-order chi connectivity index (χ0) is 22.7. The highest BCUT2D eigenvalue weighted by Crippen LogP contribution is 2.30. The molecule has 0 bridgehead atoms. The molecule has 0 aliphatic rings. The summed E-state index contributed by atoms with van der Waals surface area (Å²) in [6.07, 6.45) is 3.13. The number of fused-ring (bicyclic) bond motifs is 1. The van der Waals surface area contributed by atoms with Crippen molar-refractivity contribution >= 4 is 38.1 Å². The van der Waals surface area contributed by atoms with Crippen molar-refractivity contribution in [2.75, 3.05) is 15.8 Å². The molecule has 0 aliphatic carbocycles.